The van der Waals surface area contributed by atoms with Crippen LogP contribution in [0.5, 0.6) is 11.5 Å². The summed E-state index contributed by atoms with van der Waals surface area (Å²) in [4.78, 5) is 11.6. The van der Waals surface area contributed by atoms with Gasteiger partial charge < -0.3 is 9.47 Å². The van der Waals surface area contributed by atoms with E-state index in [0.717, 1.165) is 16.9 Å². The van der Waals surface area contributed by atoms with Crippen LogP contribution >= 0.6 is 0 Å². The molecule has 0 aromatic heterocycles. The van der Waals surface area contributed by atoms with E-state index in [1.807, 2.05) is 38.1 Å². The van der Waals surface area contributed by atoms with Crippen LogP contribution in [0.25, 0.3) is 0 Å². The summed E-state index contributed by atoms with van der Waals surface area (Å²) in [7, 11) is 0. The van der Waals surface area contributed by atoms with Crippen LogP contribution in [-0.4, -0.2) is 12.6 Å². The monoisotopic (exact) mass is 280 g/mol. The van der Waals surface area contributed by atoms with Crippen molar-refractivity contribution in [3.63, 3.8) is 0 Å². The molecule has 106 valence electrons. The number of esters is 1. The Labute approximate surface area is 124 Å². The third kappa shape index (κ3) is 4.70. The number of rotatable bonds is 3. The van der Waals surface area contributed by atoms with Gasteiger partial charge in [0, 0.05) is 11.5 Å². The van der Waals surface area contributed by atoms with Gasteiger partial charge >= 0.3 is 5.97 Å². The molecular weight excluding hydrogens is 264 g/mol. The molecule has 0 radical (unpaired) electrons. The summed E-state index contributed by atoms with van der Waals surface area (Å²) >= 11 is 0. The Kier molecular flexibility index (Phi) is 5.00. The lowest BCUT2D eigenvalue weighted by Crippen LogP contribution is -2.04. The summed E-state index contributed by atoms with van der Waals surface area (Å²) in [5.74, 6) is 5.84. The molecule has 3 nitrogen and oxygen atoms in total. The molecule has 2 rings (SSSR count). The van der Waals surface area contributed by atoms with Crippen molar-refractivity contribution in [2.75, 3.05) is 6.61 Å². The smallest absolute Gasteiger partial charge is 0.390 e. The van der Waals surface area contributed by atoms with Gasteiger partial charge in [-0.05, 0) is 50.2 Å². The number of hydrogen-bond acceptors (Lipinski definition) is 3. The lowest BCUT2D eigenvalue weighted by atomic mass is 10.2. The molecular formula is C18H16O3. The number of ether oxygens (including phenoxy) is 2. The third-order valence-electron chi connectivity index (χ3n) is 2.71. The van der Waals surface area contributed by atoms with Gasteiger partial charge in [0.1, 0.15) is 11.5 Å². The first-order valence-electron chi connectivity index (χ1n) is 6.71. The highest BCUT2D eigenvalue weighted by molar-refractivity contribution is 5.90. The van der Waals surface area contributed by atoms with E-state index in [1.165, 1.54) is 0 Å². The molecule has 0 unspecified atom stereocenters. The minimum atomic E-state index is -0.584. The maximum atomic E-state index is 11.6. The van der Waals surface area contributed by atoms with Gasteiger partial charge in [0.15, 0.2) is 0 Å². The largest absolute Gasteiger partial charge is 0.494 e. The molecule has 0 bridgehead atoms. The Morgan fingerprint density at radius 1 is 1.00 bits per heavy atom. The molecule has 0 heterocycles. The first kappa shape index (κ1) is 14.7. The second kappa shape index (κ2) is 7.16. The van der Waals surface area contributed by atoms with Crippen LogP contribution in [0.2, 0.25) is 0 Å². The molecule has 2 aromatic rings. The highest BCUT2D eigenvalue weighted by Gasteiger charge is 2.01. The summed E-state index contributed by atoms with van der Waals surface area (Å²) in [5, 5.41) is 0. The fraction of sp³-hybridized carbons (Fsp3) is 0.167. The lowest BCUT2D eigenvalue weighted by Gasteiger charge is -2.03. The summed E-state index contributed by atoms with van der Waals surface area (Å²) in [6.45, 7) is 4.51. The van der Waals surface area contributed by atoms with Gasteiger partial charge in [0.05, 0.1) is 6.61 Å². The van der Waals surface area contributed by atoms with Crippen molar-refractivity contribution in [1.82, 2.24) is 0 Å². The standard InChI is InChI=1S/C18H16O3/c1-3-20-16-9-11-17(12-10-16)21-18(19)13-8-15-6-4-14(2)5-7-15/h4-7,9-12H,3H2,1-2H3. The van der Waals surface area contributed by atoms with Gasteiger partial charge in [-0.1, -0.05) is 23.6 Å². The molecule has 3 heteroatoms. The molecule has 0 saturated heterocycles. The van der Waals surface area contributed by atoms with E-state index in [9.17, 15) is 4.79 Å². The highest BCUT2D eigenvalue weighted by Crippen LogP contribution is 2.17. The fourth-order valence-corrected chi connectivity index (χ4v) is 1.66. The predicted molar refractivity (Wildman–Crippen MR) is 81.3 cm³/mol. The minimum Gasteiger partial charge on any atom is -0.494 e. The summed E-state index contributed by atoms with van der Waals surface area (Å²) < 4.78 is 10.4. The zero-order chi connectivity index (χ0) is 15.1. The highest BCUT2D eigenvalue weighted by atomic mass is 16.5. The average molecular weight is 280 g/mol. The van der Waals surface area contributed by atoms with Crippen LogP contribution in [0.3, 0.4) is 0 Å². The van der Waals surface area contributed by atoms with Crippen molar-refractivity contribution in [2.45, 2.75) is 13.8 Å². The quantitative estimate of drug-likeness (QED) is 0.491. The van der Waals surface area contributed by atoms with Crippen LogP contribution in [0, 0.1) is 18.8 Å². The van der Waals surface area contributed by atoms with E-state index in [1.54, 1.807) is 24.3 Å². The molecule has 21 heavy (non-hydrogen) atoms. The molecule has 0 saturated carbocycles. The Balaban J connectivity index is 1.97. The number of aryl methyl sites for hydroxylation is 1. The van der Waals surface area contributed by atoms with E-state index in [2.05, 4.69) is 11.8 Å². The number of benzene rings is 2. The zero-order valence-corrected chi connectivity index (χ0v) is 12.1. The van der Waals surface area contributed by atoms with Crippen molar-refractivity contribution in [2.24, 2.45) is 0 Å². The molecule has 0 N–H and O–H groups in total. The van der Waals surface area contributed by atoms with Crippen molar-refractivity contribution in [3.8, 4) is 23.3 Å². The van der Waals surface area contributed by atoms with E-state index in [4.69, 9.17) is 9.47 Å². The van der Waals surface area contributed by atoms with Crippen molar-refractivity contribution >= 4 is 5.97 Å². The lowest BCUT2D eigenvalue weighted by molar-refractivity contribution is -0.128. The van der Waals surface area contributed by atoms with Gasteiger partial charge in [-0.15, -0.1) is 0 Å². The van der Waals surface area contributed by atoms with Crippen LogP contribution in [0.15, 0.2) is 48.5 Å². The summed E-state index contributed by atoms with van der Waals surface area (Å²) in [6.07, 6.45) is 0. The average Bonchev–Trinajstić information content (AvgIpc) is 2.49. The molecule has 0 aliphatic heterocycles. The first-order chi connectivity index (χ1) is 10.2. The minimum absolute atomic E-state index is 0.446. The van der Waals surface area contributed by atoms with Crippen molar-refractivity contribution in [1.29, 1.82) is 0 Å². The first-order valence-corrected chi connectivity index (χ1v) is 6.71. The molecule has 2 aromatic carbocycles. The van der Waals surface area contributed by atoms with Gasteiger partial charge in [-0.2, -0.15) is 0 Å². The molecule has 0 aliphatic carbocycles. The molecule has 0 spiro atoms. The number of hydrogen-bond donors (Lipinski definition) is 0. The van der Waals surface area contributed by atoms with E-state index >= 15 is 0 Å². The maximum Gasteiger partial charge on any atom is 0.390 e. The van der Waals surface area contributed by atoms with Gasteiger partial charge in [-0.25, -0.2) is 4.79 Å². The second-order valence-electron chi connectivity index (χ2n) is 4.41. The molecule has 0 atom stereocenters. The fourth-order valence-electron chi connectivity index (χ4n) is 1.66. The SMILES string of the molecule is CCOc1ccc(OC(=O)C#Cc2ccc(C)cc2)cc1. The summed E-state index contributed by atoms with van der Waals surface area (Å²) in [6, 6.07) is 14.5. The van der Waals surface area contributed by atoms with Crippen LogP contribution in [-0.2, 0) is 4.79 Å². The van der Waals surface area contributed by atoms with Crippen molar-refractivity contribution < 1.29 is 14.3 Å². The van der Waals surface area contributed by atoms with E-state index in [-0.39, 0.29) is 0 Å². The van der Waals surface area contributed by atoms with Crippen LogP contribution in [0.1, 0.15) is 18.1 Å². The maximum absolute atomic E-state index is 11.6. The molecule has 0 amide bonds. The van der Waals surface area contributed by atoms with Crippen LogP contribution < -0.4 is 9.47 Å². The topological polar surface area (TPSA) is 35.5 Å². The molecule has 0 aliphatic rings. The Hall–Kier alpha value is -2.73. The van der Waals surface area contributed by atoms with Crippen molar-refractivity contribution in [3.05, 3.63) is 59.7 Å². The van der Waals surface area contributed by atoms with Gasteiger partial charge in [0.25, 0.3) is 0 Å². The normalized spacial score (nSPS) is 9.43. The van der Waals surface area contributed by atoms with Gasteiger partial charge in [-0.3, -0.25) is 0 Å². The van der Waals surface area contributed by atoms with Gasteiger partial charge in [0.2, 0.25) is 0 Å². The molecule has 0 fully saturated rings. The second-order valence-corrected chi connectivity index (χ2v) is 4.41. The zero-order valence-electron chi connectivity index (χ0n) is 12.1. The number of carbonyl (C=O) groups excluding carboxylic acids is 1. The van der Waals surface area contributed by atoms with E-state index in [0.29, 0.717) is 12.4 Å². The Morgan fingerprint density at radius 2 is 1.62 bits per heavy atom. The van der Waals surface area contributed by atoms with E-state index < -0.39 is 5.97 Å². The third-order valence-corrected chi connectivity index (χ3v) is 2.71. The van der Waals surface area contributed by atoms with Crippen LogP contribution in [0.4, 0.5) is 0 Å². The Morgan fingerprint density at radius 3 is 2.24 bits per heavy atom. The summed E-state index contributed by atoms with van der Waals surface area (Å²) in [5.41, 5.74) is 1.93. The Bertz CT molecular complexity index is 658. The number of carbonyl (C=O) groups is 1. The predicted octanol–water partition coefficient (Wildman–Crippen LogP) is 3.35.